The highest BCUT2D eigenvalue weighted by Gasteiger charge is 2.23. The van der Waals surface area contributed by atoms with Crippen molar-refractivity contribution in [1.29, 1.82) is 0 Å². The lowest BCUT2D eigenvalue weighted by atomic mass is 9.97. The molecule has 0 saturated carbocycles. The topological polar surface area (TPSA) is 48.1 Å². The lowest BCUT2D eigenvalue weighted by Gasteiger charge is -2.31. The maximum absolute atomic E-state index is 12.1. The van der Waals surface area contributed by atoms with Crippen LogP contribution in [0.5, 0.6) is 0 Å². The van der Waals surface area contributed by atoms with Gasteiger partial charge >= 0.3 is 6.03 Å². The van der Waals surface area contributed by atoms with Gasteiger partial charge in [0.2, 0.25) is 0 Å². The van der Waals surface area contributed by atoms with Crippen molar-refractivity contribution in [3.05, 3.63) is 58.4 Å². The van der Waals surface area contributed by atoms with E-state index in [0.29, 0.717) is 6.54 Å². The molecule has 1 unspecified atom stereocenters. The van der Waals surface area contributed by atoms with Crippen molar-refractivity contribution in [2.24, 2.45) is 0 Å². The maximum Gasteiger partial charge on any atom is 0.317 e. The smallest absolute Gasteiger partial charge is 0.317 e. The summed E-state index contributed by atoms with van der Waals surface area (Å²) >= 11 is 1.74. The van der Waals surface area contributed by atoms with Crippen LogP contribution >= 0.6 is 11.3 Å². The first-order chi connectivity index (χ1) is 11.3. The first-order valence-corrected chi connectivity index (χ1v) is 8.83. The van der Waals surface area contributed by atoms with Gasteiger partial charge in [-0.15, -0.1) is 11.3 Å². The van der Waals surface area contributed by atoms with Gasteiger partial charge in [-0.1, -0.05) is 24.3 Å². The van der Waals surface area contributed by atoms with Gasteiger partial charge in [-0.05, 0) is 29.5 Å². The third-order valence-corrected chi connectivity index (χ3v) is 5.47. The molecule has 2 aromatic heterocycles. The second-order valence-corrected chi connectivity index (χ2v) is 6.86. The minimum absolute atomic E-state index is 0.0534. The van der Waals surface area contributed by atoms with Crippen LogP contribution in [0.3, 0.4) is 0 Å². The summed E-state index contributed by atoms with van der Waals surface area (Å²) in [5.41, 5.74) is 2.38. The number of carbonyl (C=O) groups is 1. The van der Waals surface area contributed by atoms with E-state index < -0.39 is 0 Å². The molecule has 1 aliphatic rings. The van der Waals surface area contributed by atoms with Crippen molar-refractivity contribution < 1.29 is 4.79 Å². The maximum atomic E-state index is 12.1. The van der Waals surface area contributed by atoms with Gasteiger partial charge < -0.3 is 15.2 Å². The largest absolute Gasteiger partial charge is 0.361 e. The Morgan fingerprint density at radius 2 is 2.13 bits per heavy atom. The summed E-state index contributed by atoms with van der Waals surface area (Å²) < 4.78 is 0. The summed E-state index contributed by atoms with van der Waals surface area (Å²) in [4.78, 5) is 18.6. The highest BCUT2D eigenvalue weighted by molar-refractivity contribution is 7.10. The van der Waals surface area contributed by atoms with Crippen molar-refractivity contribution in [1.82, 2.24) is 15.2 Å². The molecular formula is C18H19N3OS. The van der Waals surface area contributed by atoms with Crippen LogP contribution in [0, 0.1) is 0 Å². The van der Waals surface area contributed by atoms with Crippen molar-refractivity contribution in [3.8, 4) is 0 Å². The first-order valence-electron chi connectivity index (χ1n) is 7.95. The average molecular weight is 325 g/mol. The van der Waals surface area contributed by atoms with Gasteiger partial charge in [0.25, 0.3) is 0 Å². The predicted molar refractivity (Wildman–Crippen MR) is 94.0 cm³/mol. The van der Waals surface area contributed by atoms with Crippen LogP contribution in [0.15, 0.2) is 48.0 Å². The van der Waals surface area contributed by atoms with E-state index in [1.54, 1.807) is 11.3 Å². The third-order valence-electron chi connectivity index (χ3n) is 4.48. The molecule has 0 bridgehead atoms. The third kappa shape index (κ3) is 2.72. The number of hydrogen-bond acceptors (Lipinski definition) is 2. The number of amides is 2. The lowest BCUT2D eigenvalue weighted by molar-refractivity contribution is 0.167. The molecule has 2 amide bonds. The molecule has 3 heterocycles. The molecular weight excluding hydrogens is 306 g/mol. The summed E-state index contributed by atoms with van der Waals surface area (Å²) in [6.45, 7) is 2.38. The highest BCUT2D eigenvalue weighted by atomic mass is 32.1. The van der Waals surface area contributed by atoms with Gasteiger partial charge in [-0.25, -0.2) is 4.79 Å². The number of fused-ring (bicyclic) bond motifs is 1. The Labute approximate surface area is 139 Å². The number of likely N-dealkylation sites (tertiary alicyclic amines) is 1. The molecule has 5 heteroatoms. The SMILES string of the molecule is O=C(NCC(c1cccs1)c1c[nH]c2ccccc12)N1CCC1. The summed E-state index contributed by atoms with van der Waals surface area (Å²) in [5.74, 6) is 0.177. The molecule has 4 rings (SSSR count). The number of aromatic amines is 1. The van der Waals surface area contributed by atoms with Gasteiger partial charge in [-0.3, -0.25) is 0 Å². The molecule has 23 heavy (non-hydrogen) atoms. The zero-order chi connectivity index (χ0) is 15.6. The van der Waals surface area contributed by atoms with Crippen molar-refractivity contribution in [3.63, 3.8) is 0 Å². The average Bonchev–Trinajstić information content (AvgIpc) is 3.16. The number of rotatable bonds is 4. The number of thiophene rings is 1. The number of urea groups is 1. The fourth-order valence-electron chi connectivity index (χ4n) is 3.06. The summed E-state index contributed by atoms with van der Waals surface area (Å²) in [6, 6.07) is 12.6. The zero-order valence-corrected chi connectivity index (χ0v) is 13.6. The minimum atomic E-state index is 0.0534. The number of hydrogen-bond donors (Lipinski definition) is 2. The predicted octanol–water partition coefficient (Wildman–Crippen LogP) is 3.78. The number of carbonyl (C=O) groups excluding carboxylic acids is 1. The van der Waals surface area contributed by atoms with Gasteiger partial charge in [-0.2, -0.15) is 0 Å². The van der Waals surface area contributed by atoms with Crippen molar-refractivity contribution >= 4 is 28.3 Å². The number of benzene rings is 1. The zero-order valence-electron chi connectivity index (χ0n) is 12.8. The number of H-pyrrole nitrogens is 1. The van der Waals surface area contributed by atoms with Crippen LogP contribution in [-0.4, -0.2) is 35.5 Å². The van der Waals surface area contributed by atoms with E-state index in [1.807, 2.05) is 11.0 Å². The summed E-state index contributed by atoms with van der Waals surface area (Å²) in [5, 5.41) is 6.42. The molecule has 0 spiro atoms. The molecule has 2 N–H and O–H groups in total. The molecule has 1 atom stereocenters. The van der Waals surface area contributed by atoms with E-state index in [4.69, 9.17) is 0 Å². The number of aromatic nitrogens is 1. The summed E-state index contributed by atoms with van der Waals surface area (Å²) in [7, 11) is 0. The monoisotopic (exact) mass is 325 g/mol. The first kappa shape index (κ1) is 14.3. The quantitative estimate of drug-likeness (QED) is 0.753. The number of nitrogens with zero attached hydrogens (tertiary/aromatic N) is 1. The lowest BCUT2D eigenvalue weighted by Crippen LogP contribution is -2.48. The standard InChI is InChI=1S/C18H19N3OS/c22-18(21-8-4-9-21)20-12-15(17-7-3-10-23-17)14-11-19-16-6-2-1-5-13(14)16/h1-3,5-7,10-11,15,19H,4,8-9,12H2,(H,20,22). The van der Waals surface area contributed by atoms with Crippen LogP contribution in [0.25, 0.3) is 10.9 Å². The molecule has 0 aliphatic carbocycles. The van der Waals surface area contributed by atoms with Crippen LogP contribution < -0.4 is 5.32 Å². The van der Waals surface area contributed by atoms with E-state index in [1.165, 1.54) is 15.8 Å². The van der Waals surface area contributed by atoms with Crippen LogP contribution in [0.4, 0.5) is 4.79 Å². The van der Waals surface area contributed by atoms with Gasteiger partial charge in [0.05, 0.1) is 0 Å². The molecule has 4 nitrogen and oxygen atoms in total. The van der Waals surface area contributed by atoms with Crippen LogP contribution in [0.2, 0.25) is 0 Å². The highest BCUT2D eigenvalue weighted by Crippen LogP contribution is 2.32. The summed E-state index contributed by atoms with van der Waals surface area (Å²) in [6.07, 6.45) is 3.19. The number of para-hydroxylation sites is 1. The van der Waals surface area contributed by atoms with Crippen LogP contribution in [-0.2, 0) is 0 Å². The molecule has 118 valence electrons. The van der Waals surface area contributed by atoms with Gasteiger partial charge in [0, 0.05) is 47.5 Å². The molecule has 3 aromatic rings. The molecule has 1 saturated heterocycles. The van der Waals surface area contributed by atoms with E-state index in [0.717, 1.165) is 25.0 Å². The van der Waals surface area contributed by atoms with Gasteiger partial charge in [0.15, 0.2) is 0 Å². The van der Waals surface area contributed by atoms with E-state index >= 15 is 0 Å². The fraction of sp³-hybridized carbons (Fsp3) is 0.278. The normalized spacial score (nSPS) is 15.4. The Balaban J connectivity index is 1.62. The Hall–Kier alpha value is -2.27. The molecule has 1 fully saturated rings. The Morgan fingerprint density at radius 1 is 1.26 bits per heavy atom. The Kier molecular flexibility index (Phi) is 3.79. The minimum Gasteiger partial charge on any atom is -0.361 e. The van der Waals surface area contributed by atoms with Crippen molar-refractivity contribution in [2.75, 3.05) is 19.6 Å². The second-order valence-electron chi connectivity index (χ2n) is 5.88. The van der Waals surface area contributed by atoms with Crippen LogP contribution in [0.1, 0.15) is 22.8 Å². The Bertz CT molecular complexity index is 805. The fourth-order valence-corrected chi connectivity index (χ4v) is 3.90. The van der Waals surface area contributed by atoms with E-state index in [2.05, 4.69) is 52.2 Å². The van der Waals surface area contributed by atoms with Crippen molar-refractivity contribution in [2.45, 2.75) is 12.3 Å². The molecule has 1 aliphatic heterocycles. The Morgan fingerprint density at radius 3 is 2.87 bits per heavy atom. The number of nitrogens with one attached hydrogen (secondary N) is 2. The molecule has 1 aromatic carbocycles. The van der Waals surface area contributed by atoms with E-state index in [9.17, 15) is 4.79 Å². The molecule has 0 radical (unpaired) electrons. The van der Waals surface area contributed by atoms with Gasteiger partial charge in [0.1, 0.15) is 0 Å². The second kappa shape index (κ2) is 6.08. The van der Waals surface area contributed by atoms with E-state index in [-0.39, 0.29) is 11.9 Å².